The number of nitrogens with zero attached hydrogens (tertiary/aromatic N) is 6. The predicted molar refractivity (Wildman–Crippen MR) is 95.3 cm³/mol. The molecule has 3 aromatic rings. The molecular weight excluding hydrogens is 390 g/mol. The smallest absolute Gasteiger partial charge is 0.246 e. The number of hydrogen-bond acceptors (Lipinski definition) is 6. The number of sulfonamides is 1. The highest BCUT2D eigenvalue weighted by Crippen LogP contribution is 2.39. The highest BCUT2D eigenvalue weighted by atomic mass is 32.2. The second-order valence-corrected chi connectivity index (χ2v) is 8.88. The molecule has 2 atom stereocenters. The largest absolute Gasteiger partial charge is 0.352 e. The van der Waals surface area contributed by atoms with Gasteiger partial charge in [-0.3, -0.25) is 0 Å². The van der Waals surface area contributed by atoms with E-state index in [4.69, 9.17) is 0 Å². The van der Waals surface area contributed by atoms with E-state index in [0.717, 1.165) is 18.2 Å². The first-order chi connectivity index (χ1) is 13.3. The van der Waals surface area contributed by atoms with Crippen LogP contribution in [0.3, 0.4) is 0 Å². The third-order valence-corrected chi connectivity index (χ3v) is 7.32. The van der Waals surface area contributed by atoms with Crippen molar-refractivity contribution in [2.75, 3.05) is 18.0 Å². The van der Waals surface area contributed by atoms with Crippen molar-refractivity contribution < 1.29 is 17.2 Å². The van der Waals surface area contributed by atoms with Gasteiger partial charge in [-0.05, 0) is 43.7 Å². The minimum Gasteiger partial charge on any atom is -0.352 e. The zero-order valence-corrected chi connectivity index (χ0v) is 15.6. The highest BCUT2D eigenvalue weighted by molar-refractivity contribution is 7.89. The van der Waals surface area contributed by atoms with Crippen LogP contribution < -0.4 is 4.90 Å². The number of aromatic nitrogens is 4. The number of rotatable bonds is 3. The van der Waals surface area contributed by atoms with Crippen molar-refractivity contribution in [1.82, 2.24) is 24.1 Å². The summed E-state index contributed by atoms with van der Waals surface area (Å²) in [6, 6.07) is 5.48. The molecule has 3 aliphatic rings. The third-order valence-electron chi connectivity index (χ3n) is 5.30. The fourth-order valence-corrected chi connectivity index (χ4v) is 5.89. The van der Waals surface area contributed by atoms with E-state index in [1.54, 1.807) is 17.5 Å². The second kappa shape index (κ2) is 5.92. The van der Waals surface area contributed by atoms with E-state index in [1.165, 1.54) is 4.31 Å². The van der Waals surface area contributed by atoms with Crippen LogP contribution >= 0.6 is 0 Å². The molecule has 0 N–H and O–H groups in total. The molecule has 0 radical (unpaired) electrons. The average Bonchev–Trinajstić information content (AvgIpc) is 3.03. The van der Waals surface area contributed by atoms with Crippen LogP contribution in [-0.2, 0) is 10.0 Å². The summed E-state index contributed by atoms with van der Waals surface area (Å²) in [7, 11) is -4.11. The Labute approximate surface area is 159 Å². The van der Waals surface area contributed by atoms with Crippen molar-refractivity contribution in [2.24, 2.45) is 0 Å². The van der Waals surface area contributed by atoms with Gasteiger partial charge < -0.3 is 4.90 Å². The van der Waals surface area contributed by atoms with E-state index >= 15 is 0 Å². The van der Waals surface area contributed by atoms with Gasteiger partial charge in [0.25, 0.3) is 0 Å². The monoisotopic (exact) mass is 406 g/mol. The maximum absolute atomic E-state index is 14.1. The molecule has 0 amide bonds. The van der Waals surface area contributed by atoms with Gasteiger partial charge in [-0.1, -0.05) is 0 Å². The van der Waals surface area contributed by atoms with Gasteiger partial charge in [0.05, 0.1) is 0 Å². The third kappa shape index (κ3) is 2.49. The van der Waals surface area contributed by atoms with Crippen LogP contribution in [0.2, 0.25) is 0 Å². The zero-order chi connectivity index (χ0) is 19.6. The molecule has 3 saturated heterocycles. The van der Waals surface area contributed by atoms with Gasteiger partial charge in [0.15, 0.2) is 11.5 Å². The lowest BCUT2D eigenvalue weighted by atomic mass is 9.91. The van der Waals surface area contributed by atoms with E-state index in [2.05, 4.69) is 15.3 Å². The minimum atomic E-state index is -4.11. The Hall–Kier alpha value is -2.66. The topological polar surface area (TPSA) is 83.7 Å². The molecule has 8 nitrogen and oxygen atoms in total. The fraction of sp³-hybridized carbons (Fsp3) is 0.353. The quantitative estimate of drug-likeness (QED) is 0.653. The summed E-state index contributed by atoms with van der Waals surface area (Å²) < 4.78 is 56.3. The maximum atomic E-state index is 14.1. The molecule has 5 heterocycles. The summed E-state index contributed by atoms with van der Waals surface area (Å²) in [6.45, 7) is 2.64. The highest BCUT2D eigenvalue weighted by Gasteiger charge is 2.52. The lowest BCUT2D eigenvalue weighted by molar-refractivity contribution is 0.0870. The van der Waals surface area contributed by atoms with Crippen molar-refractivity contribution in [2.45, 2.75) is 30.3 Å². The maximum Gasteiger partial charge on any atom is 0.246 e. The lowest BCUT2D eigenvalue weighted by Gasteiger charge is -2.55. The number of hydrogen-bond donors (Lipinski definition) is 0. The van der Waals surface area contributed by atoms with Crippen molar-refractivity contribution in [3.8, 4) is 0 Å². The summed E-state index contributed by atoms with van der Waals surface area (Å²) in [6.07, 6.45) is 0.681. The molecule has 0 aliphatic carbocycles. The van der Waals surface area contributed by atoms with Gasteiger partial charge in [0, 0.05) is 25.2 Å². The Balaban J connectivity index is 1.42. The Bertz CT molecular complexity index is 1190. The molecule has 2 unspecified atom stereocenters. The summed E-state index contributed by atoms with van der Waals surface area (Å²) in [4.78, 5) is 1.38. The van der Waals surface area contributed by atoms with Crippen LogP contribution in [0.5, 0.6) is 0 Å². The van der Waals surface area contributed by atoms with E-state index in [0.29, 0.717) is 36.8 Å². The van der Waals surface area contributed by atoms with Crippen molar-refractivity contribution in [3.63, 3.8) is 0 Å². The van der Waals surface area contributed by atoms with Gasteiger partial charge >= 0.3 is 0 Å². The Morgan fingerprint density at radius 1 is 1.07 bits per heavy atom. The van der Waals surface area contributed by atoms with E-state index in [9.17, 15) is 17.2 Å². The Kier molecular flexibility index (Phi) is 3.68. The number of fused-ring (bicyclic) bond motifs is 3. The number of piperidine rings is 1. The molecule has 2 bridgehead atoms. The lowest BCUT2D eigenvalue weighted by Crippen LogP contribution is -2.70. The zero-order valence-electron chi connectivity index (χ0n) is 14.8. The van der Waals surface area contributed by atoms with Crippen molar-refractivity contribution >= 4 is 21.5 Å². The number of anilines is 1. The molecule has 146 valence electrons. The summed E-state index contributed by atoms with van der Waals surface area (Å²) in [5.74, 6) is -0.378. The normalized spacial score (nSPS) is 22.5. The predicted octanol–water partition coefficient (Wildman–Crippen LogP) is 1.36. The fourth-order valence-electron chi connectivity index (χ4n) is 4.00. The van der Waals surface area contributed by atoms with Gasteiger partial charge in [-0.2, -0.15) is 8.82 Å². The second-order valence-electron chi connectivity index (χ2n) is 7.07. The van der Waals surface area contributed by atoms with Gasteiger partial charge in [-0.15, -0.1) is 15.3 Å². The SMILES string of the molecule is Cc1nnc2ccc(N3CC4CC(C3)N4S(=O)(=O)c3cc(F)ccc3F)nn12. The molecule has 11 heteroatoms. The summed E-state index contributed by atoms with van der Waals surface area (Å²) in [5, 5.41) is 12.5. The average molecular weight is 406 g/mol. The number of piperazine rings is 1. The van der Waals surface area contributed by atoms with Crippen LogP contribution in [-0.4, -0.2) is 57.7 Å². The molecule has 2 aromatic heterocycles. The number of halogens is 2. The molecular formula is C17H16F2N6O2S. The number of aryl methyl sites for hydroxylation is 1. The van der Waals surface area contributed by atoms with Crippen LogP contribution in [0.1, 0.15) is 12.2 Å². The molecule has 28 heavy (non-hydrogen) atoms. The number of benzene rings is 1. The van der Waals surface area contributed by atoms with Gasteiger partial charge in [-0.25, -0.2) is 17.2 Å². The van der Waals surface area contributed by atoms with E-state index < -0.39 is 26.6 Å². The molecule has 0 saturated carbocycles. The van der Waals surface area contributed by atoms with Crippen LogP contribution in [0.4, 0.5) is 14.6 Å². The molecule has 1 aromatic carbocycles. The molecule has 3 aliphatic heterocycles. The Morgan fingerprint density at radius 2 is 1.82 bits per heavy atom. The first-order valence-corrected chi connectivity index (χ1v) is 10.2. The molecule has 0 spiro atoms. The summed E-state index contributed by atoms with van der Waals surface area (Å²) in [5.41, 5.74) is 0.634. The minimum absolute atomic E-state index is 0.314. The first kappa shape index (κ1) is 17.4. The standard InChI is InChI=1S/C17H16F2N6O2S/c1-10-20-21-16-4-5-17(22-24(10)16)23-8-12-7-13(9-23)25(12)28(26,27)15-6-11(18)2-3-14(15)19/h2-6,12-13H,7-9H2,1H3. The van der Waals surface area contributed by atoms with E-state index in [-0.39, 0.29) is 12.1 Å². The van der Waals surface area contributed by atoms with Crippen LogP contribution in [0, 0.1) is 18.6 Å². The first-order valence-electron chi connectivity index (χ1n) is 8.77. The molecule has 3 fully saturated rings. The van der Waals surface area contributed by atoms with E-state index in [1.807, 2.05) is 11.0 Å². The van der Waals surface area contributed by atoms with Crippen LogP contribution in [0.15, 0.2) is 35.2 Å². The van der Waals surface area contributed by atoms with Crippen molar-refractivity contribution in [1.29, 1.82) is 0 Å². The molecule has 6 rings (SSSR count). The van der Waals surface area contributed by atoms with Gasteiger partial charge in [0.1, 0.15) is 22.3 Å². The van der Waals surface area contributed by atoms with Gasteiger partial charge in [0.2, 0.25) is 10.0 Å². The van der Waals surface area contributed by atoms with Crippen molar-refractivity contribution in [3.05, 3.63) is 47.8 Å². The van der Waals surface area contributed by atoms with Crippen LogP contribution in [0.25, 0.3) is 5.65 Å². The summed E-state index contributed by atoms with van der Waals surface area (Å²) >= 11 is 0. The Morgan fingerprint density at radius 3 is 2.57 bits per heavy atom.